The second-order valence-corrected chi connectivity index (χ2v) is 2.84. The van der Waals surface area contributed by atoms with Crippen LogP contribution in [0.2, 0.25) is 0 Å². The smallest absolute Gasteiger partial charge is 0.232 e. The molecule has 0 bridgehead atoms. The van der Waals surface area contributed by atoms with Crippen LogP contribution in [0.5, 0.6) is 0 Å². The average molecular weight is 152 g/mol. The maximum absolute atomic E-state index is 9.02. The molecule has 0 fully saturated rings. The Morgan fingerprint density at radius 2 is 2.18 bits per heavy atom. The van der Waals surface area contributed by atoms with Crippen molar-refractivity contribution in [2.75, 3.05) is 6.54 Å². The Hall–Kier alpha value is -1.12. The molecule has 1 N–H and O–H groups in total. The number of hydrogen-bond donors (Lipinski definition) is 1. The van der Waals surface area contributed by atoms with Gasteiger partial charge in [0.25, 0.3) is 0 Å². The first-order valence-corrected chi connectivity index (χ1v) is 3.61. The lowest BCUT2D eigenvalue weighted by Crippen LogP contribution is -2.19. The highest BCUT2D eigenvalue weighted by Gasteiger charge is 2.12. The molecule has 1 aliphatic heterocycles. The summed E-state index contributed by atoms with van der Waals surface area (Å²) in [5.74, 6) is 0.345. The summed E-state index contributed by atoms with van der Waals surface area (Å²) >= 11 is 0. The van der Waals surface area contributed by atoms with Crippen LogP contribution in [0.3, 0.4) is 0 Å². The molecule has 0 unspecified atom stereocenters. The molecular weight excluding hydrogens is 140 g/mol. The fourth-order valence-electron chi connectivity index (χ4n) is 0.818. The minimum absolute atomic E-state index is 0.0330. The van der Waals surface area contributed by atoms with E-state index in [0.717, 1.165) is 5.71 Å². The van der Waals surface area contributed by atoms with Crippen LogP contribution in [0.4, 0.5) is 0 Å². The molecule has 1 aliphatic rings. The second-order valence-electron chi connectivity index (χ2n) is 2.84. The van der Waals surface area contributed by atoms with Crippen LogP contribution >= 0.6 is 0 Å². The molecule has 0 aromatic rings. The predicted molar refractivity (Wildman–Crippen MR) is 46.3 cm³/mol. The van der Waals surface area contributed by atoms with Crippen LogP contribution in [0, 0.1) is 5.92 Å². The highest BCUT2D eigenvalue weighted by atomic mass is 16.3. The Morgan fingerprint density at radius 3 is 2.64 bits per heavy atom. The van der Waals surface area contributed by atoms with Crippen molar-refractivity contribution in [3.63, 3.8) is 0 Å². The molecule has 3 nitrogen and oxygen atoms in total. The van der Waals surface area contributed by atoms with E-state index in [1.807, 2.05) is 13.8 Å². The van der Waals surface area contributed by atoms with E-state index in [2.05, 4.69) is 16.6 Å². The van der Waals surface area contributed by atoms with Gasteiger partial charge in [0.15, 0.2) is 0 Å². The Kier molecular flexibility index (Phi) is 2.08. The summed E-state index contributed by atoms with van der Waals surface area (Å²) in [6, 6.07) is 0. The molecule has 11 heavy (non-hydrogen) atoms. The number of hydrogen-bond acceptors (Lipinski definition) is 2. The first kappa shape index (κ1) is 7.98. The van der Waals surface area contributed by atoms with Gasteiger partial charge in [0.05, 0.1) is 6.54 Å². The molecule has 3 heteroatoms. The van der Waals surface area contributed by atoms with E-state index in [9.17, 15) is 0 Å². The average Bonchev–Trinajstić information content (AvgIpc) is 1.94. The van der Waals surface area contributed by atoms with Gasteiger partial charge in [0, 0.05) is 5.71 Å². The summed E-state index contributed by atoms with van der Waals surface area (Å²) in [4.78, 5) is 7.96. The van der Waals surface area contributed by atoms with Crippen molar-refractivity contribution in [3.8, 4) is 0 Å². The van der Waals surface area contributed by atoms with Crippen molar-refractivity contribution in [2.24, 2.45) is 15.9 Å². The van der Waals surface area contributed by atoms with Crippen molar-refractivity contribution < 1.29 is 5.11 Å². The quantitative estimate of drug-likeness (QED) is 0.609. The lowest BCUT2D eigenvalue weighted by molar-refractivity contribution is 0.547. The number of aliphatic imine (C=N–C) groups is 2. The Balaban J connectivity index is 2.78. The van der Waals surface area contributed by atoms with E-state index in [1.54, 1.807) is 0 Å². The summed E-state index contributed by atoms with van der Waals surface area (Å²) in [5, 5.41) is 9.02. The molecule has 0 aromatic carbocycles. The van der Waals surface area contributed by atoms with E-state index in [1.165, 1.54) is 0 Å². The SMILES string of the molecule is C=C1N=C(C(C)C)CN=C1O. The predicted octanol–water partition coefficient (Wildman–Crippen LogP) is 1.57. The zero-order valence-electron chi connectivity index (χ0n) is 6.83. The fourth-order valence-corrected chi connectivity index (χ4v) is 0.818. The first-order chi connectivity index (χ1) is 5.11. The molecule has 1 rings (SSSR count). The summed E-state index contributed by atoms with van der Waals surface area (Å²) < 4.78 is 0. The molecular formula is C8H12N2O. The largest absolute Gasteiger partial charge is 0.492 e. The van der Waals surface area contributed by atoms with E-state index >= 15 is 0 Å². The Morgan fingerprint density at radius 1 is 1.55 bits per heavy atom. The summed E-state index contributed by atoms with van der Waals surface area (Å²) in [6.07, 6.45) is 0. The van der Waals surface area contributed by atoms with E-state index in [4.69, 9.17) is 5.11 Å². The molecule has 0 saturated heterocycles. The third kappa shape index (κ3) is 1.67. The zero-order valence-corrected chi connectivity index (χ0v) is 6.83. The number of aliphatic hydroxyl groups excluding tert-OH is 1. The summed E-state index contributed by atoms with van der Waals surface area (Å²) in [6.45, 7) is 8.15. The van der Waals surface area contributed by atoms with Crippen molar-refractivity contribution in [2.45, 2.75) is 13.8 Å². The lowest BCUT2D eigenvalue weighted by Gasteiger charge is -2.12. The molecule has 0 atom stereocenters. The van der Waals surface area contributed by atoms with E-state index in [0.29, 0.717) is 18.2 Å². The number of aliphatic hydroxyl groups is 1. The minimum Gasteiger partial charge on any atom is -0.492 e. The van der Waals surface area contributed by atoms with Gasteiger partial charge in [-0.3, -0.25) is 4.99 Å². The van der Waals surface area contributed by atoms with Crippen LogP contribution in [0.15, 0.2) is 22.3 Å². The van der Waals surface area contributed by atoms with Crippen LogP contribution < -0.4 is 0 Å². The molecule has 0 saturated carbocycles. The topological polar surface area (TPSA) is 45.0 Å². The lowest BCUT2D eigenvalue weighted by atomic mass is 10.1. The first-order valence-electron chi connectivity index (χ1n) is 3.61. The van der Waals surface area contributed by atoms with Gasteiger partial charge >= 0.3 is 0 Å². The minimum atomic E-state index is -0.0330. The maximum atomic E-state index is 9.02. The van der Waals surface area contributed by atoms with Crippen LogP contribution in [0.1, 0.15) is 13.8 Å². The Bertz CT molecular complexity index is 238. The normalized spacial score (nSPS) is 18.3. The van der Waals surface area contributed by atoms with Gasteiger partial charge in [-0.05, 0) is 5.92 Å². The maximum Gasteiger partial charge on any atom is 0.232 e. The van der Waals surface area contributed by atoms with Crippen LogP contribution in [-0.2, 0) is 0 Å². The van der Waals surface area contributed by atoms with Crippen molar-refractivity contribution >= 4 is 11.6 Å². The van der Waals surface area contributed by atoms with Crippen LogP contribution in [0.25, 0.3) is 0 Å². The highest BCUT2D eigenvalue weighted by Crippen LogP contribution is 2.08. The molecule has 0 aliphatic carbocycles. The van der Waals surface area contributed by atoms with Gasteiger partial charge in [-0.25, -0.2) is 4.99 Å². The van der Waals surface area contributed by atoms with Gasteiger partial charge in [-0.15, -0.1) is 0 Å². The molecule has 1 heterocycles. The van der Waals surface area contributed by atoms with Crippen molar-refractivity contribution in [1.82, 2.24) is 0 Å². The van der Waals surface area contributed by atoms with Crippen LogP contribution in [-0.4, -0.2) is 23.3 Å². The van der Waals surface area contributed by atoms with Gasteiger partial charge in [-0.1, -0.05) is 20.4 Å². The highest BCUT2D eigenvalue weighted by molar-refractivity contribution is 6.01. The van der Waals surface area contributed by atoms with Crippen molar-refractivity contribution in [3.05, 3.63) is 12.3 Å². The number of rotatable bonds is 1. The molecule has 60 valence electrons. The third-order valence-electron chi connectivity index (χ3n) is 1.59. The summed E-state index contributed by atoms with van der Waals surface area (Å²) in [5.41, 5.74) is 1.35. The molecule has 0 amide bonds. The van der Waals surface area contributed by atoms with Gasteiger partial charge in [0.2, 0.25) is 5.90 Å². The van der Waals surface area contributed by atoms with Gasteiger partial charge in [0.1, 0.15) is 5.70 Å². The van der Waals surface area contributed by atoms with Crippen molar-refractivity contribution in [1.29, 1.82) is 0 Å². The van der Waals surface area contributed by atoms with E-state index < -0.39 is 0 Å². The summed E-state index contributed by atoms with van der Waals surface area (Å²) in [7, 11) is 0. The third-order valence-corrected chi connectivity index (χ3v) is 1.59. The van der Waals surface area contributed by atoms with E-state index in [-0.39, 0.29) is 5.90 Å². The molecule has 0 spiro atoms. The Labute approximate surface area is 66.2 Å². The monoisotopic (exact) mass is 152 g/mol. The standard InChI is InChI=1S/C8H12N2O/c1-5(2)7-4-9-8(11)6(3)10-7/h5H,3-4H2,1-2H3,(H,9,11). The zero-order chi connectivity index (χ0) is 8.43. The fraction of sp³-hybridized carbons (Fsp3) is 0.500. The second kappa shape index (κ2) is 2.86. The molecule has 0 radical (unpaired) electrons. The van der Waals surface area contributed by atoms with Gasteiger partial charge < -0.3 is 5.11 Å². The number of nitrogens with zero attached hydrogens (tertiary/aromatic N) is 2. The van der Waals surface area contributed by atoms with Gasteiger partial charge in [-0.2, -0.15) is 0 Å². The molecule has 0 aromatic heterocycles.